The largest absolute Gasteiger partial charge is 0.310 e. The summed E-state index contributed by atoms with van der Waals surface area (Å²) in [4.78, 5) is 21.1. The van der Waals surface area contributed by atoms with Crippen molar-refractivity contribution >= 4 is 23.5 Å². The standard InChI is InChI=1S/C18H18N4OS/c1-11-6-7-20-16(8-11)22-17(23)12(2)24-18-14(10-19)9-13-4-3-5-15(13)21-18/h6-9,12H,3-5H2,1-2H3,(H,20,22,23). The first-order valence-electron chi connectivity index (χ1n) is 7.90. The highest BCUT2D eigenvalue weighted by molar-refractivity contribution is 8.00. The molecule has 24 heavy (non-hydrogen) atoms. The monoisotopic (exact) mass is 338 g/mol. The molecule has 0 radical (unpaired) electrons. The van der Waals surface area contributed by atoms with Crippen molar-refractivity contribution in [3.63, 3.8) is 0 Å². The molecule has 1 atom stereocenters. The van der Waals surface area contributed by atoms with E-state index in [4.69, 9.17) is 0 Å². The minimum atomic E-state index is -0.369. The summed E-state index contributed by atoms with van der Waals surface area (Å²) in [6.07, 6.45) is 4.68. The summed E-state index contributed by atoms with van der Waals surface area (Å²) >= 11 is 1.32. The molecule has 0 saturated carbocycles. The molecule has 2 aromatic heterocycles. The SMILES string of the molecule is Cc1ccnc(NC(=O)C(C)Sc2nc3c(cc2C#N)CCC3)c1. The van der Waals surface area contributed by atoms with Crippen molar-refractivity contribution in [2.24, 2.45) is 0 Å². The molecule has 0 aliphatic heterocycles. The first kappa shape index (κ1) is 16.5. The lowest BCUT2D eigenvalue weighted by Crippen LogP contribution is -2.23. The van der Waals surface area contributed by atoms with Crippen LogP contribution in [0, 0.1) is 18.3 Å². The molecule has 1 aliphatic carbocycles. The fourth-order valence-corrected chi connectivity index (χ4v) is 3.57. The zero-order valence-corrected chi connectivity index (χ0v) is 14.5. The Morgan fingerprint density at radius 1 is 1.42 bits per heavy atom. The van der Waals surface area contributed by atoms with Gasteiger partial charge in [-0.05, 0) is 62.4 Å². The fraction of sp³-hybridized carbons (Fsp3) is 0.333. The minimum Gasteiger partial charge on any atom is -0.310 e. The molecule has 0 fully saturated rings. The van der Waals surface area contributed by atoms with Crippen LogP contribution in [0.15, 0.2) is 29.4 Å². The van der Waals surface area contributed by atoms with Crippen molar-refractivity contribution in [3.05, 3.63) is 46.8 Å². The Bertz CT molecular complexity index is 828. The van der Waals surface area contributed by atoms with E-state index in [1.54, 1.807) is 6.20 Å². The highest BCUT2D eigenvalue weighted by Gasteiger charge is 2.21. The van der Waals surface area contributed by atoms with Gasteiger partial charge in [-0.15, -0.1) is 0 Å². The number of nitrogens with zero attached hydrogens (tertiary/aromatic N) is 3. The third-order valence-electron chi connectivity index (χ3n) is 3.96. The third-order valence-corrected chi connectivity index (χ3v) is 5.06. The van der Waals surface area contributed by atoms with Crippen LogP contribution < -0.4 is 5.32 Å². The van der Waals surface area contributed by atoms with Gasteiger partial charge in [0.05, 0.1) is 10.8 Å². The molecule has 1 amide bonds. The second-order valence-electron chi connectivity index (χ2n) is 5.88. The molecule has 0 spiro atoms. The van der Waals surface area contributed by atoms with E-state index in [2.05, 4.69) is 21.4 Å². The quantitative estimate of drug-likeness (QED) is 0.866. The number of pyridine rings is 2. The number of carbonyl (C=O) groups is 1. The molecule has 2 heterocycles. The number of aryl methyl sites for hydroxylation is 3. The van der Waals surface area contributed by atoms with Gasteiger partial charge in [0.1, 0.15) is 16.9 Å². The van der Waals surface area contributed by atoms with E-state index < -0.39 is 0 Å². The Balaban J connectivity index is 1.73. The van der Waals surface area contributed by atoms with Gasteiger partial charge in [-0.2, -0.15) is 5.26 Å². The topological polar surface area (TPSA) is 78.7 Å². The molecule has 1 unspecified atom stereocenters. The summed E-state index contributed by atoms with van der Waals surface area (Å²) < 4.78 is 0. The van der Waals surface area contributed by atoms with Crippen LogP contribution >= 0.6 is 11.8 Å². The van der Waals surface area contributed by atoms with Crippen LogP contribution in [0.5, 0.6) is 0 Å². The van der Waals surface area contributed by atoms with Gasteiger partial charge in [0.2, 0.25) is 5.91 Å². The maximum absolute atomic E-state index is 12.4. The first-order chi connectivity index (χ1) is 11.6. The second kappa shape index (κ2) is 7.02. The number of rotatable bonds is 4. The van der Waals surface area contributed by atoms with Gasteiger partial charge >= 0.3 is 0 Å². The van der Waals surface area contributed by atoms with E-state index in [1.807, 2.05) is 32.0 Å². The van der Waals surface area contributed by atoms with Crippen molar-refractivity contribution in [2.45, 2.75) is 43.4 Å². The highest BCUT2D eigenvalue weighted by Crippen LogP contribution is 2.30. The van der Waals surface area contributed by atoms with Crippen LogP contribution in [0.4, 0.5) is 5.82 Å². The molecule has 5 nitrogen and oxygen atoms in total. The van der Waals surface area contributed by atoms with E-state index in [1.165, 1.54) is 11.8 Å². The lowest BCUT2D eigenvalue weighted by molar-refractivity contribution is -0.115. The number of hydrogen-bond acceptors (Lipinski definition) is 5. The maximum Gasteiger partial charge on any atom is 0.238 e. The molecule has 0 bridgehead atoms. The van der Waals surface area contributed by atoms with Gasteiger partial charge in [-0.25, -0.2) is 9.97 Å². The van der Waals surface area contributed by atoms with Gasteiger partial charge in [-0.3, -0.25) is 4.79 Å². The summed E-state index contributed by atoms with van der Waals surface area (Å²) in [5.41, 5.74) is 3.81. The molecule has 6 heteroatoms. The fourth-order valence-electron chi connectivity index (χ4n) is 2.68. The van der Waals surface area contributed by atoms with Gasteiger partial charge < -0.3 is 5.32 Å². The Morgan fingerprint density at radius 2 is 2.25 bits per heavy atom. The number of anilines is 1. The van der Waals surface area contributed by atoms with Crippen molar-refractivity contribution in [3.8, 4) is 6.07 Å². The smallest absolute Gasteiger partial charge is 0.238 e. The number of nitrogens with one attached hydrogen (secondary N) is 1. The number of thioether (sulfide) groups is 1. The van der Waals surface area contributed by atoms with E-state index in [0.29, 0.717) is 16.4 Å². The third kappa shape index (κ3) is 3.57. The maximum atomic E-state index is 12.4. The van der Waals surface area contributed by atoms with Crippen LogP contribution in [0.1, 0.15) is 35.7 Å². The van der Waals surface area contributed by atoms with Crippen molar-refractivity contribution in [1.29, 1.82) is 5.26 Å². The van der Waals surface area contributed by atoms with Crippen LogP contribution in [0.2, 0.25) is 0 Å². The molecule has 1 aliphatic rings. The average molecular weight is 338 g/mol. The highest BCUT2D eigenvalue weighted by atomic mass is 32.2. The lowest BCUT2D eigenvalue weighted by Gasteiger charge is -2.13. The van der Waals surface area contributed by atoms with Gasteiger partial charge in [-0.1, -0.05) is 11.8 Å². The number of aromatic nitrogens is 2. The van der Waals surface area contributed by atoms with Gasteiger partial charge in [0, 0.05) is 11.9 Å². The molecular weight excluding hydrogens is 320 g/mol. The second-order valence-corrected chi connectivity index (χ2v) is 7.21. The predicted molar refractivity (Wildman–Crippen MR) is 93.9 cm³/mol. The Morgan fingerprint density at radius 3 is 3.00 bits per heavy atom. The molecule has 0 aromatic carbocycles. The zero-order chi connectivity index (χ0) is 17.1. The number of carbonyl (C=O) groups excluding carboxylic acids is 1. The summed E-state index contributed by atoms with van der Waals surface area (Å²) in [6, 6.07) is 7.82. The molecule has 0 saturated heterocycles. The van der Waals surface area contributed by atoms with Crippen molar-refractivity contribution < 1.29 is 4.79 Å². The number of fused-ring (bicyclic) bond motifs is 1. The number of amides is 1. The van der Waals surface area contributed by atoms with Crippen molar-refractivity contribution in [2.75, 3.05) is 5.32 Å². The lowest BCUT2D eigenvalue weighted by atomic mass is 10.2. The van der Waals surface area contributed by atoms with E-state index >= 15 is 0 Å². The van der Waals surface area contributed by atoms with Crippen LogP contribution in [-0.2, 0) is 17.6 Å². The zero-order valence-electron chi connectivity index (χ0n) is 13.7. The average Bonchev–Trinajstić information content (AvgIpc) is 3.01. The Hall–Kier alpha value is -2.39. The van der Waals surface area contributed by atoms with E-state index in [9.17, 15) is 10.1 Å². The molecular formula is C18H18N4OS. The van der Waals surface area contributed by atoms with E-state index in [0.717, 1.165) is 36.1 Å². The van der Waals surface area contributed by atoms with Gasteiger partial charge in [0.25, 0.3) is 0 Å². The Kier molecular flexibility index (Phi) is 4.81. The summed E-state index contributed by atoms with van der Waals surface area (Å²) in [7, 11) is 0. The summed E-state index contributed by atoms with van der Waals surface area (Å²) in [6.45, 7) is 3.76. The number of nitriles is 1. The predicted octanol–water partition coefficient (Wildman–Crippen LogP) is 3.26. The van der Waals surface area contributed by atoms with Crippen molar-refractivity contribution in [1.82, 2.24) is 9.97 Å². The molecule has 2 aromatic rings. The Labute approximate surface area is 145 Å². The summed E-state index contributed by atoms with van der Waals surface area (Å²) in [5.74, 6) is 0.388. The molecule has 3 rings (SSSR count). The normalized spacial score (nSPS) is 13.9. The number of hydrogen-bond donors (Lipinski definition) is 1. The van der Waals surface area contributed by atoms with Crippen LogP contribution in [-0.4, -0.2) is 21.1 Å². The first-order valence-corrected chi connectivity index (χ1v) is 8.78. The van der Waals surface area contributed by atoms with E-state index in [-0.39, 0.29) is 11.2 Å². The van der Waals surface area contributed by atoms with Crippen LogP contribution in [0.3, 0.4) is 0 Å². The van der Waals surface area contributed by atoms with Gasteiger partial charge in [0.15, 0.2) is 0 Å². The minimum absolute atomic E-state index is 0.149. The summed E-state index contributed by atoms with van der Waals surface area (Å²) in [5, 5.41) is 12.4. The molecule has 122 valence electrons. The van der Waals surface area contributed by atoms with Crippen LogP contribution in [0.25, 0.3) is 0 Å². The molecule has 1 N–H and O–H groups in total.